The van der Waals surface area contributed by atoms with E-state index in [4.69, 9.17) is 4.74 Å². The Kier molecular flexibility index (Phi) is 8.56. The van der Waals surface area contributed by atoms with Gasteiger partial charge in [0.15, 0.2) is 0 Å². The highest BCUT2D eigenvalue weighted by molar-refractivity contribution is 7.89. The first-order valence-corrected chi connectivity index (χ1v) is 11.3. The molecule has 30 heavy (non-hydrogen) atoms. The van der Waals surface area contributed by atoms with Crippen molar-refractivity contribution in [2.45, 2.75) is 38.1 Å². The summed E-state index contributed by atoms with van der Waals surface area (Å²) >= 11 is 0. The van der Waals surface area contributed by atoms with Crippen molar-refractivity contribution in [2.24, 2.45) is 5.92 Å². The van der Waals surface area contributed by atoms with Crippen LogP contribution in [0.1, 0.15) is 36.7 Å². The molecule has 162 valence electrons. The molecule has 0 aliphatic rings. The van der Waals surface area contributed by atoms with Gasteiger partial charge < -0.3 is 10.1 Å². The van der Waals surface area contributed by atoms with Gasteiger partial charge in [0, 0.05) is 18.2 Å². The summed E-state index contributed by atoms with van der Waals surface area (Å²) in [6.07, 6.45) is 0.423. The molecule has 7 nitrogen and oxygen atoms in total. The van der Waals surface area contributed by atoms with Crippen molar-refractivity contribution < 1.29 is 22.7 Å². The van der Waals surface area contributed by atoms with Gasteiger partial charge in [-0.15, -0.1) is 0 Å². The van der Waals surface area contributed by atoms with Gasteiger partial charge in [0.1, 0.15) is 0 Å². The summed E-state index contributed by atoms with van der Waals surface area (Å²) in [5.41, 5.74) is 1.15. The molecular formula is C22H28N2O5S. The molecule has 2 aromatic carbocycles. The Morgan fingerprint density at radius 3 is 2.37 bits per heavy atom. The number of ether oxygens (including phenoxy) is 1. The van der Waals surface area contributed by atoms with Crippen LogP contribution in [0.4, 0.5) is 0 Å². The summed E-state index contributed by atoms with van der Waals surface area (Å²) in [6.45, 7) is 5.49. The average molecular weight is 433 g/mol. The molecule has 2 N–H and O–H groups in total. The molecule has 0 aromatic heterocycles. The number of rotatable bonds is 10. The summed E-state index contributed by atoms with van der Waals surface area (Å²) in [5.74, 6) is -1.40. The first-order chi connectivity index (χ1) is 14.2. The van der Waals surface area contributed by atoms with Crippen LogP contribution in [-0.4, -0.2) is 39.5 Å². The fourth-order valence-corrected chi connectivity index (χ4v) is 4.19. The van der Waals surface area contributed by atoms with E-state index in [1.807, 2.05) is 30.3 Å². The molecule has 0 unspecified atom stereocenters. The molecule has 0 heterocycles. The molecule has 0 radical (unpaired) electrons. The van der Waals surface area contributed by atoms with E-state index in [-0.39, 0.29) is 35.6 Å². The highest BCUT2D eigenvalue weighted by Gasteiger charge is 2.22. The lowest BCUT2D eigenvalue weighted by Gasteiger charge is -2.17. The normalized spacial score (nSPS) is 12.4. The minimum absolute atomic E-state index is 0.00933. The second-order valence-corrected chi connectivity index (χ2v) is 8.87. The van der Waals surface area contributed by atoms with Crippen molar-refractivity contribution in [3.8, 4) is 0 Å². The van der Waals surface area contributed by atoms with Gasteiger partial charge in [-0.05, 0) is 51.0 Å². The van der Waals surface area contributed by atoms with Crippen molar-refractivity contribution >= 4 is 21.9 Å². The van der Waals surface area contributed by atoms with Gasteiger partial charge in [0.25, 0.3) is 5.91 Å². The zero-order valence-electron chi connectivity index (χ0n) is 17.4. The van der Waals surface area contributed by atoms with Crippen LogP contribution >= 0.6 is 0 Å². The lowest BCUT2D eigenvalue weighted by atomic mass is 9.99. The Morgan fingerprint density at radius 1 is 1.03 bits per heavy atom. The number of carbonyl (C=O) groups excluding carboxylic acids is 2. The molecule has 0 saturated carbocycles. The lowest BCUT2D eigenvalue weighted by Crippen LogP contribution is -2.35. The highest BCUT2D eigenvalue weighted by atomic mass is 32.2. The van der Waals surface area contributed by atoms with Crippen LogP contribution in [0.3, 0.4) is 0 Å². The van der Waals surface area contributed by atoms with E-state index in [0.29, 0.717) is 6.42 Å². The van der Waals surface area contributed by atoms with Crippen LogP contribution < -0.4 is 10.0 Å². The number of esters is 1. The summed E-state index contributed by atoms with van der Waals surface area (Å²) in [5, 5.41) is 2.72. The van der Waals surface area contributed by atoms with Crippen LogP contribution in [0.15, 0.2) is 59.5 Å². The second kappa shape index (κ2) is 10.9. The standard InChI is InChI=1S/C22H28N2O5S/c1-4-29-22(26)19(13-17-9-6-5-7-10-17)15-23-21(25)18-11-8-12-20(14-18)30(27,28)24-16(2)3/h5-12,14,16,19,24H,4,13,15H2,1-3H3,(H,23,25)/t19-/m1/s1. The fourth-order valence-electron chi connectivity index (χ4n) is 2.90. The molecule has 0 aliphatic carbocycles. The summed E-state index contributed by atoms with van der Waals surface area (Å²) in [6, 6.07) is 15.0. The van der Waals surface area contributed by atoms with Gasteiger partial charge in [-0.2, -0.15) is 0 Å². The largest absolute Gasteiger partial charge is 0.466 e. The molecule has 8 heteroatoms. The van der Waals surface area contributed by atoms with Crippen molar-refractivity contribution in [1.29, 1.82) is 0 Å². The van der Waals surface area contributed by atoms with E-state index < -0.39 is 21.8 Å². The van der Waals surface area contributed by atoms with Crippen molar-refractivity contribution in [1.82, 2.24) is 10.0 Å². The highest BCUT2D eigenvalue weighted by Crippen LogP contribution is 2.14. The third-order valence-electron chi connectivity index (χ3n) is 4.25. The molecule has 0 fully saturated rings. The molecule has 1 atom stereocenters. The van der Waals surface area contributed by atoms with Crippen molar-refractivity contribution in [3.63, 3.8) is 0 Å². The fraction of sp³-hybridized carbons (Fsp3) is 0.364. The second-order valence-electron chi connectivity index (χ2n) is 7.15. The molecule has 0 aliphatic heterocycles. The van der Waals surface area contributed by atoms with Crippen LogP contribution in [-0.2, 0) is 26.0 Å². The third kappa shape index (κ3) is 6.96. The van der Waals surface area contributed by atoms with Gasteiger partial charge in [0.05, 0.1) is 17.4 Å². The summed E-state index contributed by atoms with van der Waals surface area (Å²) < 4.78 is 32.3. The van der Waals surface area contributed by atoms with Crippen LogP contribution in [0.5, 0.6) is 0 Å². The van der Waals surface area contributed by atoms with E-state index in [1.165, 1.54) is 24.3 Å². The Morgan fingerprint density at radius 2 is 1.73 bits per heavy atom. The maximum absolute atomic E-state index is 12.6. The third-order valence-corrected chi connectivity index (χ3v) is 5.91. The van der Waals surface area contributed by atoms with Crippen LogP contribution in [0, 0.1) is 5.92 Å². The topological polar surface area (TPSA) is 102 Å². The molecule has 2 aromatic rings. The molecule has 2 rings (SSSR count). The van der Waals surface area contributed by atoms with E-state index in [9.17, 15) is 18.0 Å². The smallest absolute Gasteiger partial charge is 0.311 e. The number of hydrogen-bond donors (Lipinski definition) is 2. The van der Waals surface area contributed by atoms with Crippen LogP contribution in [0.2, 0.25) is 0 Å². The Hall–Kier alpha value is -2.71. The number of nitrogens with one attached hydrogen (secondary N) is 2. The van der Waals surface area contributed by atoms with Gasteiger partial charge in [-0.25, -0.2) is 13.1 Å². The first-order valence-electron chi connectivity index (χ1n) is 9.84. The Bertz CT molecular complexity index is 959. The zero-order chi connectivity index (χ0) is 22.1. The zero-order valence-corrected chi connectivity index (χ0v) is 18.2. The molecular weight excluding hydrogens is 404 g/mol. The van der Waals surface area contributed by atoms with Gasteiger partial charge in [0.2, 0.25) is 10.0 Å². The van der Waals surface area contributed by atoms with Crippen molar-refractivity contribution in [2.75, 3.05) is 13.2 Å². The Balaban J connectivity index is 2.11. The maximum Gasteiger partial charge on any atom is 0.311 e. The quantitative estimate of drug-likeness (QED) is 0.562. The Labute approximate surface area is 177 Å². The van der Waals surface area contributed by atoms with Gasteiger partial charge in [-0.1, -0.05) is 36.4 Å². The van der Waals surface area contributed by atoms with Gasteiger partial charge >= 0.3 is 5.97 Å². The molecule has 0 spiro atoms. The lowest BCUT2D eigenvalue weighted by molar-refractivity contribution is -0.147. The number of benzene rings is 2. The van der Waals surface area contributed by atoms with E-state index in [0.717, 1.165) is 5.56 Å². The average Bonchev–Trinajstić information content (AvgIpc) is 2.71. The predicted octanol–water partition coefficient (Wildman–Crippen LogP) is 2.53. The first kappa shape index (κ1) is 23.6. The monoisotopic (exact) mass is 432 g/mol. The number of sulfonamides is 1. The number of carbonyl (C=O) groups is 2. The number of hydrogen-bond acceptors (Lipinski definition) is 5. The predicted molar refractivity (Wildman–Crippen MR) is 115 cm³/mol. The minimum atomic E-state index is -3.71. The van der Waals surface area contributed by atoms with E-state index >= 15 is 0 Å². The molecule has 0 bridgehead atoms. The molecule has 1 amide bonds. The van der Waals surface area contributed by atoms with Gasteiger partial charge in [-0.3, -0.25) is 9.59 Å². The summed E-state index contributed by atoms with van der Waals surface area (Å²) in [7, 11) is -3.71. The maximum atomic E-state index is 12.6. The van der Waals surface area contributed by atoms with Crippen LogP contribution in [0.25, 0.3) is 0 Å². The summed E-state index contributed by atoms with van der Waals surface area (Å²) in [4.78, 5) is 24.9. The SMILES string of the molecule is CCOC(=O)[C@@H](CNC(=O)c1cccc(S(=O)(=O)NC(C)C)c1)Cc1ccccc1. The minimum Gasteiger partial charge on any atom is -0.466 e. The van der Waals surface area contributed by atoms with E-state index in [2.05, 4.69) is 10.0 Å². The molecule has 0 saturated heterocycles. The van der Waals surface area contributed by atoms with E-state index in [1.54, 1.807) is 20.8 Å². The number of amides is 1. The van der Waals surface area contributed by atoms with Crippen molar-refractivity contribution in [3.05, 3.63) is 65.7 Å².